The molecule has 0 amide bonds. The second-order valence-electron chi connectivity index (χ2n) is 2.32. The highest BCUT2D eigenvalue weighted by Gasteiger charge is 2.08. The second kappa shape index (κ2) is 4.52. The number of carbonyl (C=O) groups excluding carboxylic acids is 1. The number of methoxy groups -OCH3 is 1. The third-order valence-corrected chi connectivity index (χ3v) is 1.98. The Bertz CT molecular complexity index is 327. The molecule has 0 aliphatic heterocycles. The van der Waals surface area contributed by atoms with Crippen molar-refractivity contribution in [2.24, 2.45) is 0 Å². The van der Waals surface area contributed by atoms with Gasteiger partial charge in [0.1, 0.15) is 3.70 Å². The van der Waals surface area contributed by atoms with Crippen LogP contribution in [0.25, 0.3) is 0 Å². The van der Waals surface area contributed by atoms with Gasteiger partial charge in [-0.2, -0.15) is 0 Å². The van der Waals surface area contributed by atoms with Gasteiger partial charge in [-0.15, -0.1) is 0 Å². The Labute approximate surface area is 89.1 Å². The van der Waals surface area contributed by atoms with Crippen molar-refractivity contribution in [3.8, 4) is 0 Å². The number of aromatic nitrogens is 1. The third-order valence-electron chi connectivity index (χ3n) is 1.43. The maximum Gasteiger partial charge on any atom is 0.338 e. The predicted octanol–water partition coefficient (Wildman–Crippen LogP) is 0.965. The summed E-state index contributed by atoms with van der Waals surface area (Å²) in [7, 11) is 1.31. The van der Waals surface area contributed by atoms with E-state index in [0.717, 1.165) is 0 Å². The average Bonchev–Trinajstić information content (AvgIpc) is 2.15. The number of ether oxygens (including phenoxy) is 1. The van der Waals surface area contributed by atoms with Crippen molar-refractivity contribution in [2.45, 2.75) is 6.61 Å². The van der Waals surface area contributed by atoms with E-state index in [4.69, 9.17) is 5.11 Å². The van der Waals surface area contributed by atoms with E-state index in [-0.39, 0.29) is 6.61 Å². The number of esters is 1. The Hall–Kier alpha value is -0.690. The van der Waals surface area contributed by atoms with Crippen LogP contribution in [-0.2, 0) is 11.3 Å². The van der Waals surface area contributed by atoms with Crippen LogP contribution in [0.5, 0.6) is 0 Å². The highest BCUT2D eigenvalue weighted by atomic mass is 127. The fourth-order valence-corrected chi connectivity index (χ4v) is 1.51. The topological polar surface area (TPSA) is 59.4 Å². The van der Waals surface area contributed by atoms with Crippen LogP contribution in [0.2, 0.25) is 0 Å². The molecule has 0 aliphatic rings. The van der Waals surface area contributed by atoms with E-state index in [0.29, 0.717) is 15.0 Å². The van der Waals surface area contributed by atoms with E-state index in [1.807, 2.05) is 22.6 Å². The van der Waals surface area contributed by atoms with Gasteiger partial charge in [0.25, 0.3) is 0 Å². The number of nitrogens with zero attached hydrogens (tertiary/aromatic N) is 1. The predicted molar refractivity (Wildman–Crippen MR) is 54.2 cm³/mol. The standard InChI is InChI=1S/C8H8INO3/c1-13-8(12)5-2-6(4-11)10-7(9)3-5/h2-3,11H,4H2,1H3. The average molecular weight is 293 g/mol. The number of pyridine rings is 1. The summed E-state index contributed by atoms with van der Waals surface area (Å²) in [6.45, 7) is -0.180. The highest BCUT2D eigenvalue weighted by molar-refractivity contribution is 14.1. The smallest absolute Gasteiger partial charge is 0.338 e. The molecule has 4 nitrogen and oxygen atoms in total. The van der Waals surface area contributed by atoms with E-state index in [1.54, 1.807) is 6.07 Å². The number of hydrogen-bond acceptors (Lipinski definition) is 4. The highest BCUT2D eigenvalue weighted by Crippen LogP contribution is 2.09. The molecule has 1 heterocycles. The number of aliphatic hydroxyl groups excluding tert-OH is 1. The molecule has 0 fully saturated rings. The zero-order chi connectivity index (χ0) is 9.84. The van der Waals surface area contributed by atoms with Gasteiger partial charge in [-0.05, 0) is 34.7 Å². The molecular weight excluding hydrogens is 285 g/mol. The van der Waals surface area contributed by atoms with Crippen molar-refractivity contribution in [1.29, 1.82) is 0 Å². The lowest BCUT2D eigenvalue weighted by molar-refractivity contribution is 0.0600. The fraction of sp³-hybridized carbons (Fsp3) is 0.250. The monoisotopic (exact) mass is 293 g/mol. The first kappa shape index (κ1) is 10.4. The first-order valence-corrected chi connectivity index (χ1v) is 4.61. The molecule has 0 aromatic carbocycles. The molecule has 1 aromatic rings. The van der Waals surface area contributed by atoms with Gasteiger partial charge < -0.3 is 9.84 Å². The molecule has 0 spiro atoms. The van der Waals surface area contributed by atoms with Crippen LogP contribution in [0.15, 0.2) is 12.1 Å². The minimum atomic E-state index is -0.421. The molecule has 0 radical (unpaired) electrons. The Morgan fingerprint density at radius 1 is 1.69 bits per heavy atom. The zero-order valence-electron chi connectivity index (χ0n) is 6.95. The molecule has 70 valence electrons. The number of rotatable bonds is 2. The first-order valence-electron chi connectivity index (χ1n) is 3.53. The lowest BCUT2D eigenvalue weighted by Gasteiger charge is -2.01. The summed E-state index contributed by atoms with van der Waals surface area (Å²) in [6, 6.07) is 3.11. The van der Waals surface area contributed by atoms with E-state index >= 15 is 0 Å². The van der Waals surface area contributed by atoms with Crippen LogP contribution in [0.4, 0.5) is 0 Å². The summed E-state index contributed by atoms with van der Waals surface area (Å²) >= 11 is 1.97. The van der Waals surface area contributed by atoms with Crippen molar-refractivity contribution < 1.29 is 14.6 Å². The van der Waals surface area contributed by atoms with Gasteiger partial charge >= 0.3 is 5.97 Å². The van der Waals surface area contributed by atoms with Gasteiger partial charge in [0.15, 0.2) is 0 Å². The number of aliphatic hydroxyl groups is 1. The summed E-state index contributed by atoms with van der Waals surface area (Å²) in [5.74, 6) is -0.421. The molecule has 13 heavy (non-hydrogen) atoms. The number of carbonyl (C=O) groups is 1. The quantitative estimate of drug-likeness (QED) is 0.501. The second-order valence-corrected chi connectivity index (χ2v) is 3.42. The Morgan fingerprint density at radius 2 is 2.38 bits per heavy atom. The largest absolute Gasteiger partial charge is 0.465 e. The van der Waals surface area contributed by atoms with Crippen LogP contribution in [0.3, 0.4) is 0 Å². The molecule has 0 aliphatic carbocycles. The molecule has 0 unspecified atom stereocenters. The van der Waals surface area contributed by atoms with Gasteiger partial charge in [-0.25, -0.2) is 9.78 Å². The lowest BCUT2D eigenvalue weighted by atomic mass is 10.2. The summed E-state index contributed by atoms with van der Waals surface area (Å²) < 4.78 is 5.20. The van der Waals surface area contributed by atoms with E-state index in [1.165, 1.54) is 13.2 Å². The zero-order valence-corrected chi connectivity index (χ0v) is 9.11. The van der Waals surface area contributed by atoms with Crippen molar-refractivity contribution >= 4 is 28.6 Å². The van der Waals surface area contributed by atoms with E-state index in [9.17, 15) is 4.79 Å². The minimum Gasteiger partial charge on any atom is -0.465 e. The Kier molecular flexibility index (Phi) is 3.61. The molecular formula is C8H8INO3. The summed E-state index contributed by atoms with van der Waals surface area (Å²) in [6.07, 6.45) is 0. The minimum absolute atomic E-state index is 0.180. The molecule has 5 heteroatoms. The van der Waals surface area contributed by atoms with Crippen LogP contribution < -0.4 is 0 Å². The normalized spacial score (nSPS) is 9.77. The third kappa shape index (κ3) is 2.63. The van der Waals surface area contributed by atoms with Gasteiger partial charge in [0.2, 0.25) is 0 Å². The molecule has 0 saturated heterocycles. The Morgan fingerprint density at radius 3 is 2.92 bits per heavy atom. The van der Waals surface area contributed by atoms with Crippen molar-refractivity contribution in [3.05, 3.63) is 27.1 Å². The lowest BCUT2D eigenvalue weighted by Crippen LogP contribution is -2.04. The molecule has 0 atom stereocenters. The van der Waals surface area contributed by atoms with Crippen LogP contribution in [-0.4, -0.2) is 23.2 Å². The number of halogens is 1. The van der Waals surface area contributed by atoms with Crippen molar-refractivity contribution in [2.75, 3.05) is 7.11 Å². The molecule has 1 aromatic heterocycles. The van der Waals surface area contributed by atoms with Crippen LogP contribution in [0, 0.1) is 3.70 Å². The van der Waals surface area contributed by atoms with Crippen molar-refractivity contribution in [3.63, 3.8) is 0 Å². The molecule has 0 saturated carbocycles. The van der Waals surface area contributed by atoms with Gasteiger partial charge in [0, 0.05) is 0 Å². The fourth-order valence-electron chi connectivity index (χ4n) is 0.868. The summed E-state index contributed by atoms with van der Waals surface area (Å²) in [5, 5.41) is 8.82. The molecule has 1 rings (SSSR count). The van der Waals surface area contributed by atoms with Crippen LogP contribution >= 0.6 is 22.6 Å². The van der Waals surface area contributed by atoms with E-state index in [2.05, 4.69) is 9.72 Å². The first-order chi connectivity index (χ1) is 6.17. The summed E-state index contributed by atoms with van der Waals surface area (Å²) in [5.41, 5.74) is 0.873. The number of hydrogen-bond donors (Lipinski definition) is 1. The molecule has 1 N–H and O–H groups in total. The maximum atomic E-state index is 11.1. The van der Waals surface area contributed by atoms with Crippen LogP contribution in [0.1, 0.15) is 16.1 Å². The van der Waals surface area contributed by atoms with Gasteiger partial charge in [-0.1, -0.05) is 0 Å². The Balaban J connectivity index is 3.08. The SMILES string of the molecule is COC(=O)c1cc(I)nc(CO)c1. The van der Waals surface area contributed by atoms with E-state index < -0.39 is 5.97 Å². The summed E-state index contributed by atoms with van der Waals surface area (Å²) in [4.78, 5) is 15.1. The van der Waals surface area contributed by atoms with Crippen molar-refractivity contribution in [1.82, 2.24) is 4.98 Å². The molecule has 0 bridgehead atoms. The van der Waals surface area contributed by atoms with Gasteiger partial charge in [-0.3, -0.25) is 0 Å². The maximum absolute atomic E-state index is 11.1. The van der Waals surface area contributed by atoms with Gasteiger partial charge in [0.05, 0.1) is 25.0 Å².